The molecule has 0 saturated carbocycles. The van der Waals surface area contributed by atoms with E-state index in [0.29, 0.717) is 10.0 Å². The second-order valence-corrected chi connectivity index (χ2v) is 10.0. The van der Waals surface area contributed by atoms with E-state index in [1.807, 2.05) is 50.5 Å². The van der Waals surface area contributed by atoms with Crippen molar-refractivity contribution in [2.75, 3.05) is 23.9 Å². The van der Waals surface area contributed by atoms with E-state index in [9.17, 15) is 4.79 Å². The summed E-state index contributed by atoms with van der Waals surface area (Å²) in [5, 5.41) is 1.41. The second kappa shape index (κ2) is 6.90. The standard InChI is InChI=1S/C25H26Cl2N2O/c1-24(2)18-11-15(26)7-9-20(18)28(5)22(24)13-17(30)14-23-25(3,4)19-12-16(27)8-10-21(19)29(23)6/h7-14H,1-6H3. The van der Waals surface area contributed by atoms with Gasteiger partial charge in [-0.15, -0.1) is 0 Å². The highest BCUT2D eigenvalue weighted by Crippen LogP contribution is 2.49. The van der Waals surface area contributed by atoms with Crippen molar-refractivity contribution in [3.05, 3.63) is 81.1 Å². The van der Waals surface area contributed by atoms with Crippen LogP contribution >= 0.6 is 23.2 Å². The first-order valence-electron chi connectivity index (χ1n) is 10.0. The number of hydrogen-bond donors (Lipinski definition) is 0. The number of carbonyl (C=O) groups excluding carboxylic acids is 1. The number of benzene rings is 2. The summed E-state index contributed by atoms with van der Waals surface area (Å²) >= 11 is 12.5. The molecule has 0 bridgehead atoms. The van der Waals surface area contributed by atoms with Crippen LogP contribution in [0.5, 0.6) is 0 Å². The highest BCUT2D eigenvalue weighted by Gasteiger charge is 2.41. The fourth-order valence-electron chi connectivity index (χ4n) is 4.84. The van der Waals surface area contributed by atoms with Gasteiger partial charge in [-0.05, 0) is 47.5 Å². The quantitative estimate of drug-likeness (QED) is 0.498. The Labute approximate surface area is 188 Å². The zero-order chi connectivity index (χ0) is 22.0. The van der Waals surface area contributed by atoms with Gasteiger partial charge >= 0.3 is 0 Å². The van der Waals surface area contributed by atoms with Gasteiger partial charge in [-0.2, -0.15) is 0 Å². The SMILES string of the molecule is CN1C(=CC(=O)C=C2N(C)c3ccc(Cl)cc3C2(C)C)C(C)(C)c2cc(Cl)ccc21. The minimum atomic E-state index is -0.309. The van der Waals surface area contributed by atoms with Crippen LogP contribution in [0.25, 0.3) is 0 Å². The van der Waals surface area contributed by atoms with E-state index in [1.54, 1.807) is 12.2 Å². The third-order valence-corrected chi connectivity index (χ3v) is 7.02. The minimum absolute atomic E-state index is 0.0299. The molecule has 0 spiro atoms. The summed E-state index contributed by atoms with van der Waals surface area (Å²) in [7, 11) is 3.99. The summed E-state index contributed by atoms with van der Waals surface area (Å²) < 4.78 is 0. The Balaban J connectivity index is 1.73. The molecule has 0 atom stereocenters. The Hall–Kier alpha value is -2.23. The Morgan fingerprint density at radius 3 is 1.50 bits per heavy atom. The third-order valence-electron chi connectivity index (χ3n) is 6.55. The largest absolute Gasteiger partial charge is 0.347 e. The maximum absolute atomic E-state index is 13.2. The summed E-state index contributed by atoms with van der Waals surface area (Å²) in [5.74, 6) is -0.0299. The monoisotopic (exact) mass is 440 g/mol. The molecule has 0 radical (unpaired) electrons. The minimum Gasteiger partial charge on any atom is -0.347 e. The van der Waals surface area contributed by atoms with Crippen LogP contribution in [-0.4, -0.2) is 19.9 Å². The molecule has 4 rings (SSSR count). The van der Waals surface area contributed by atoms with Gasteiger partial charge in [0, 0.05) is 69.9 Å². The number of nitrogens with zero attached hydrogens (tertiary/aromatic N) is 2. The maximum atomic E-state index is 13.2. The molecular weight excluding hydrogens is 415 g/mol. The summed E-state index contributed by atoms with van der Waals surface area (Å²) in [6.45, 7) is 8.51. The number of allylic oxidation sites excluding steroid dienone is 4. The van der Waals surface area contributed by atoms with Crippen molar-refractivity contribution in [2.45, 2.75) is 38.5 Å². The number of rotatable bonds is 2. The maximum Gasteiger partial charge on any atom is 0.182 e. The van der Waals surface area contributed by atoms with Crippen molar-refractivity contribution >= 4 is 40.4 Å². The first-order valence-corrected chi connectivity index (χ1v) is 10.8. The van der Waals surface area contributed by atoms with Gasteiger partial charge in [0.2, 0.25) is 0 Å². The first-order chi connectivity index (χ1) is 13.9. The van der Waals surface area contributed by atoms with E-state index < -0.39 is 0 Å². The number of ketones is 1. The van der Waals surface area contributed by atoms with Crippen molar-refractivity contribution < 1.29 is 4.79 Å². The Kier molecular flexibility index (Phi) is 4.83. The average Bonchev–Trinajstić information content (AvgIpc) is 2.96. The molecule has 5 heteroatoms. The highest BCUT2D eigenvalue weighted by molar-refractivity contribution is 6.31. The van der Waals surface area contributed by atoms with E-state index >= 15 is 0 Å². The van der Waals surface area contributed by atoms with E-state index in [-0.39, 0.29) is 16.6 Å². The third kappa shape index (κ3) is 3.07. The van der Waals surface area contributed by atoms with Crippen molar-refractivity contribution in [1.29, 1.82) is 0 Å². The summed E-state index contributed by atoms with van der Waals surface area (Å²) in [6.07, 6.45) is 3.50. The smallest absolute Gasteiger partial charge is 0.182 e. The van der Waals surface area contributed by atoms with Crippen LogP contribution in [0, 0.1) is 0 Å². The molecule has 0 aliphatic carbocycles. The fourth-order valence-corrected chi connectivity index (χ4v) is 5.19. The average molecular weight is 441 g/mol. The molecule has 2 aliphatic heterocycles. The number of hydrogen-bond acceptors (Lipinski definition) is 3. The summed E-state index contributed by atoms with van der Waals surface area (Å²) in [5.41, 5.74) is 5.72. The van der Waals surface area contributed by atoms with E-state index in [2.05, 4.69) is 37.5 Å². The van der Waals surface area contributed by atoms with Gasteiger partial charge in [-0.1, -0.05) is 50.9 Å². The lowest BCUT2D eigenvalue weighted by Crippen LogP contribution is -2.25. The number of anilines is 2. The predicted octanol–water partition coefficient (Wildman–Crippen LogP) is 6.49. The van der Waals surface area contributed by atoms with Crippen molar-refractivity contribution in [3.63, 3.8) is 0 Å². The molecule has 2 heterocycles. The first kappa shape index (κ1) is 21.0. The topological polar surface area (TPSA) is 23.6 Å². The van der Waals surface area contributed by atoms with Crippen LogP contribution in [0.15, 0.2) is 59.9 Å². The van der Waals surface area contributed by atoms with E-state index in [0.717, 1.165) is 33.9 Å². The molecule has 0 amide bonds. The van der Waals surface area contributed by atoms with Crippen LogP contribution in [-0.2, 0) is 15.6 Å². The molecule has 3 nitrogen and oxygen atoms in total. The van der Waals surface area contributed by atoms with E-state index in [1.165, 1.54) is 0 Å². The molecular formula is C25H26Cl2N2O. The van der Waals surface area contributed by atoms with E-state index in [4.69, 9.17) is 23.2 Å². The van der Waals surface area contributed by atoms with Gasteiger partial charge in [-0.3, -0.25) is 4.79 Å². The molecule has 156 valence electrons. The molecule has 0 fully saturated rings. The zero-order valence-corrected chi connectivity index (χ0v) is 19.7. The lowest BCUT2D eigenvalue weighted by molar-refractivity contribution is -0.110. The van der Waals surface area contributed by atoms with Crippen LogP contribution < -0.4 is 9.80 Å². The Morgan fingerprint density at radius 2 is 1.13 bits per heavy atom. The number of fused-ring (bicyclic) bond motifs is 2. The summed E-state index contributed by atoms with van der Waals surface area (Å²) in [6, 6.07) is 11.8. The fraction of sp³-hybridized carbons (Fsp3) is 0.320. The number of carbonyl (C=O) groups is 1. The van der Waals surface area contributed by atoms with Gasteiger partial charge in [-0.25, -0.2) is 0 Å². The molecule has 0 unspecified atom stereocenters. The molecule has 0 aromatic heterocycles. The number of halogens is 2. The van der Waals surface area contributed by atoms with Crippen LogP contribution in [0.1, 0.15) is 38.8 Å². The van der Waals surface area contributed by atoms with Gasteiger partial charge in [0.1, 0.15) is 0 Å². The Morgan fingerprint density at radius 1 is 0.767 bits per heavy atom. The van der Waals surface area contributed by atoms with Crippen LogP contribution in [0.3, 0.4) is 0 Å². The molecule has 2 aromatic rings. The van der Waals surface area contributed by atoms with Gasteiger partial charge in [0.15, 0.2) is 5.78 Å². The van der Waals surface area contributed by atoms with Crippen molar-refractivity contribution in [1.82, 2.24) is 0 Å². The molecule has 30 heavy (non-hydrogen) atoms. The lowest BCUT2D eigenvalue weighted by atomic mass is 9.82. The Bertz CT molecular complexity index is 1040. The summed E-state index contributed by atoms with van der Waals surface area (Å²) in [4.78, 5) is 17.4. The number of likely N-dealkylation sites (N-methyl/N-ethyl adjacent to an activating group) is 2. The normalized spacial score (nSPS) is 21.3. The van der Waals surface area contributed by atoms with Gasteiger partial charge in [0.25, 0.3) is 0 Å². The highest BCUT2D eigenvalue weighted by atomic mass is 35.5. The van der Waals surface area contributed by atoms with Crippen molar-refractivity contribution in [2.24, 2.45) is 0 Å². The van der Waals surface area contributed by atoms with Crippen LogP contribution in [0.2, 0.25) is 10.0 Å². The van der Waals surface area contributed by atoms with Crippen molar-refractivity contribution in [3.8, 4) is 0 Å². The zero-order valence-electron chi connectivity index (χ0n) is 18.2. The molecule has 2 aromatic carbocycles. The second-order valence-electron chi connectivity index (χ2n) is 9.15. The molecule has 0 saturated heterocycles. The van der Waals surface area contributed by atoms with Gasteiger partial charge in [0.05, 0.1) is 0 Å². The molecule has 2 aliphatic rings. The lowest BCUT2D eigenvalue weighted by Gasteiger charge is -2.25. The molecule has 0 N–H and O–H groups in total. The predicted molar refractivity (Wildman–Crippen MR) is 127 cm³/mol. The van der Waals surface area contributed by atoms with Gasteiger partial charge < -0.3 is 9.80 Å². The van der Waals surface area contributed by atoms with Crippen LogP contribution in [0.4, 0.5) is 11.4 Å².